The predicted molar refractivity (Wildman–Crippen MR) is 72.6 cm³/mol. The van der Waals surface area contributed by atoms with E-state index in [2.05, 4.69) is 12.2 Å². The van der Waals surface area contributed by atoms with Crippen molar-refractivity contribution >= 4 is 17.8 Å². The molecule has 1 aliphatic heterocycles. The summed E-state index contributed by atoms with van der Waals surface area (Å²) in [5, 5.41) is 2.38. The third-order valence-electron chi connectivity index (χ3n) is 5.06. The number of carbonyl (C=O) groups excluding carboxylic acids is 3. The zero-order valence-electron chi connectivity index (χ0n) is 11.9. The second-order valence-electron chi connectivity index (χ2n) is 6.58. The highest BCUT2D eigenvalue weighted by molar-refractivity contribution is 6.16. The maximum atomic E-state index is 12.6. The molecule has 0 aromatic heterocycles. The summed E-state index contributed by atoms with van der Waals surface area (Å²) in [7, 11) is 0. The standard InChI is InChI=1S/C15H22N2O3/c1-9(10-6-7-10)8-17-14(19)12(11-4-2-3-5-11)13(18)16-15(17)20/h9-12H,2-8H2,1H3,(H,16,18,20). The van der Waals surface area contributed by atoms with Crippen LogP contribution in [-0.2, 0) is 9.59 Å². The van der Waals surface area contributed by atoms with Gasteiger partial charge in [0.05, 0.1) is 0 Å². The highest BCUT2D eigenvalue weighted by Crippen LogP contribution is 2.38. The first-order valence-corrected chi connectivity index (χ1v) is 7.74. The van der Waals surface area contributed by atoms with E-state index in [0.29, 0.717) is 18.4 Å². The summed E-state index contributed by atoms with van der Waals surface area (Å²) < 4.78 is 0. The maximum Gasteiger partial charge on any atom is 0.330 e. The number of amides is 4. The molecule has 4 amide bonds. The quantitative estimate of drug-likeness (QED) is 0.799. The molecular formula is C15H22N2O3. The SMILES string of the molecule is CC(CN1C(=O)NC(=O)C(C2CCCC2)C1=O)C1CC1. The van der Waals surface area contributed by atoms with Crippen LogP contribution in [0.5, 0.6) is 0 Å². The van der Waals surface area contributed by atoms with Crippen LogP contribution >= 0.6 is 0 Å². The Morgan fingerprint density at radius 2 is 1.80 bits per heavy atom. The van der Waals surface area contributed by atoms with Gasteiger partial charge in [-0.05, 0) is 43.4 Å². The summed E-state index contributed by atoms with van der Waals surface area (Å²) in [5.74, 6) is -0.198. The normalized spacial score (nSPS) is 29.8. The second kappa shape index (κ2) is 5.19. The van der Waals surface area contributed by atoms with E-state index in [1.807, 2.05) is 0 Å². The van der Waals surface area contributed by atoms with Crippen LogP contribution in [0.25, 0.3) is 0 Å². The van der Waals surface area contributed by atoms with Gasteiger partial charge in [0.2, 0.25) is 11.8 Å². The molecule has 1 saturated heterocycles. The molecule has 0 aromatic rings. The molecule has 20 heavy (non-hydrogen) atoms. The van der Waals surface area contributed by atoms with E-state index in [9.17, 15) is 14.4 Å². The van der Waals surface area contributed by atoms with Gasteiger partial charge in [0.15, 0.2) is 0 Å². The summed E-state index contributed by atoms with van der Waals surface area (Å²) in [6, 6.07) is -0.526. The third kappa shape index (κ3) is 2.45. The summed E-state index contributed by atoms with van der Waals surface area (Å²) in [6.45, 7) is 2.53. The number of hydrogen-bond acceptors (Lipinski definition) is 3. The minimum atomic E-state index is -0.637. The number of carbonyl (C=O) groups is 3. The Morgan fingerprint density at radius 1 is 1.15 bits per heavy atom. The molecule has 2 saturated carbocycles. The van der Waals surface area contributed by atoms with Gasteiger partial charge in [0, 0.05) is 6.54 Å². The van der Waals surface area contributed by atoms with Gasteiger partial charge in [0.1, 0.15) is 5.92 Å². The molecule has 3 fully saturated rings. The molecule has 0 spiro atoms. The molecular weight excluding hydrogens is 256 g/mol. The monoisotopic (exact) mass is 278 g/mol. The van der Waals surface area contributed by atoms with Crippen LogP contribution in [-0.4, -0.2) is 29.3 Å². The Kier molecular flexibility index (Phi) is 3.52. The molecule has 3 aliphatic rings. The van der Waals surface area contributed by atoms with E-state index >= 15 is 0 Å². The van der Waals surface area contributed by atoms with Crippen LogP contribution in [0, 0.1) is 23.7 Å². The largest absolute Gasteiger partial charge is 0.330 e. The summed E-state index contributed by atoms with van der Waals surface area (Å²) >= 11 is 0. The molecule has 1 heterocycles. The van der Waals surface area contributed by atoms with Crippen molar-refractivity contribution in [1.29, 1.82) is 0 Å². The van der Waals surface area contributed by atoms with Crippen molar-refractivity contribution in [2.45, 2.75) is 45.4 Å². The van der Waals surface area contributed by atoms with Crippen LogP contribution in [0.4, 0.5) is 4.79 Å². The molecule has 5 heteroatoms. The van der Waals surface area contributed by atoms with E-state index < -0.39 is 11.9 Å². The minimum Gasteiger partial charge on any atom is -0.277 e. The Bertz CT molecular complexity index is 438. The zero-order chi connectivity index (χ0) is 14.3. The lowest BCUT2D eigenvalue weighted by Gasteiger charge is -2.34. The van der Waals surface area contributed by atoms with Crippen LogP contribution in [0.3, 0.4) is 0 Å². The Labute approximate surface area is 119 Å². The van der Waals surface area contributed by atoms with Crippen molar-refractivity contribution in [1.82, 2.24) is 10.2 Å². The molecule has 2 atom stereocenters. The smallest absolute Gasteiger partial charge is 0.277 e. The van der Waals surface area contributed by atoms with Crippen molar-refractivity contribution in [2.75, 3.05) is 6.54 Å². The number of barbiturate groups is 1. The second-order valence-corrected chi connectivity index (χ2v) is 6.58. The van der Waals surface area contributed by atoms with E-state index in [4.69, 9.17) is 0 Å². The number of nitrogens with one attached hydrogen (secondary N) is 1. The lowest BCUT2D eigenvalue weighted by atomic mass is 9.87. The fraction of sp³-hybridized carbons (Fsp3) is 0.800. The van der Waals surface area contributed by atoms with Crippen molar-refractivity contribution < 1.29 is 14.4 Å². The maximum absolute atomic E-state index is 12.6. The van der Waals surface area contributed by atoms with Gasteiger partial charge in [0.25, 0.3) is 0 Å². The zero-order valence-corrected chi connectivity index (χ0v) is 11.9. The molecule has 0 radical (unpaired) electrons. The number of imide groups is 2. The lowest BCUT2D eigenvalue weighted by Crippen LogP contribution is -2.60. The molecule has 0 bridgehead atoms. The van der Waals surface area contributed by atoms with Gasteiger partial charge in [-0.1, -0.05) is 19.8 Å². The Morgan fingerprint density at radius 3 is 2.40 bits per heavy atom. The number of hydrogen-bond donors (Lipinski definition) is 1. The van der Waals surface area contributed by atoms with Gasteiger partial charge in [-0.15, -0.1) is 0 Å². The van der Waals surface area contributed by atoms with Gasteiger partial charge < -0.3 is 0 Å². The highest BCUT2D eigenvalue weighted by Gasteiger charge is 2.46. The first-order chi connectivity index (χ1) is 9.58. The number of nitrogens with zero attached hydrogens (tertiary/aromatic N) is 1. The molecule has 5 nitrogen and oxygen atoms in total. The van der Waals surface area contributed by atoms with Crippen molar-refractivity contribution in [3.05, 3.63) is 0 Å². The van der Waals surface area contributed by atoms with Crippen LogP contribution in [0.1, 0.15) is 45.4 Å². The average Bonchev–Trinajstić information content (AvgIpc) is 3.12. The van der Waals surface area contributed by atoms with Crippen LogP contribution < -0.4 is 5.32 Å². The fourth-order valence-corrected chi connectivity index (χ4v) is 3.61. The van der Waals surface area contributed by atoms with Gasteiger partial charge in [-0.2, -0.15) is 0 Å². The molecule has 1 N–H and O–H groups in total. The first-order valence-electron chi connectivity index (χ1n) is 7.74. The molecule has 110 valence electrons. The van der Waals surface area contributed by atoms with Gasteiger partial charge in [-0.25, -0.2) is 4.79 Å². The summed E-state index contributed by atoms with van der Waals surface area (Å²) in [6.07, 6.45) is 6.38. The number of urea groups is 1. The highest BCUT2D eigenvalue weighted by atomic mass is 16.2. The lowest BCUT2D eigenvalue weighted by molar-refractivity contribution is -0.145. The average molecular weight is 278 g/mol. The van der Waals surface area contributed by atoms with Gasteiger partial charge >= 0.3 is 6.03 Å². The molecule has 3 rings (SSSR count). The van der Waals surface area contributed by atoms with E-state index in [0.717, 1.165) is 25.7 Å². The van der Waals surface area contributed by atoms with Crippen molar-refractivity contribution in [3.63, 3.8) is 0 Å². The minimum absolute atomic E-state index is 0.120. The van der Waals surface area contributed by atoms with Crippen LogP contribution in [0.15, 0.2) is 0 Å². The van der Waals surface area contributed by atoms with E-state index in [-0.39, 0.29) is 17.7 Å². The molecule has 2 unspecified atom stereocenters. The van der Waals surface area contributed by atoms with Crippen LogP contribution in [0.2, 0.25) is 0 Å². The third-order valence-corrected chi connectivity index (χ3v) is 5.06. The summed E-state index contributed by atoms with van der Waals surface area (Å²) in [5.41, 5.74) is 0. The van der Waals surface area contributed by atoms with E-state index in [1.54, 1.807) is 0 Å². The summed E-state index contributed by atoms with van der Waals surface area (Å²) in [4.78, 5) is 37.8. The topological polar surface area (TPSA) is 66.5 Å². The fourth-order valence-electron chi connectivity index (χ4n) is 3.61. The first kappa shape index (κ1) is 13.6. The van der Waals surface area contributed by atoms with Gasteiger partial charge in [-0.3, -0.25) is 19.8 Å². The number of rotatable bonds is 4. The Balaban J connectivity index is 1.73. The molecule has 2 aliphatic carbocycles. The van der Waals surface area contributed by atoms with Crippen molar-refractivity contribution in [2.24, 2.45) is 23.7 Å². The predicted octanol–water partition coefficient (Wildman–Crippen LogP) is 1.92. The Hall–Kier alpha value is -1.39. The van der Waals surface area contributed by atoms with Crippen molar-refractivity contribution in [3.8, 4) is 0 Å². The van der Waals surface area contributed by atoms with E-state index in [1.165, 1.54) is 17.7 Å². The molecule has 0 aromatic carbocycles.